The Kier molecular flexibility index (Phi) is 3.88. The van der Waals surface area contributed by atoms with Gasteiger partial charge < -0.3 is 9.84 Å². The van der Waals surface area contributed by atoms with Gasteiger partial charge in [0.2, 0.25) is 6.08 Å². The summed E-state index contributed by atoms with van der Waals surface area (Å²) in [6.07, 6.45) is 1.24. The molecule has 0 spiro atoms. The fourth-order valence-corrected chi connectivity index (χ4v) is 1.88. The number of carbonyl (C=O) groups is 2. The van der Waals surface area contributed by atoms with Crippen molar-refractivity contribution in [3.63, 3.8) is 0 Å². The Hall–Kier alpha value is -2.98. The maximum atomic E-state index is 11.9. The number of rotatable bonds is 4. The first-order chi connectivity index (χ1) is 9.65. The van der Waals surface area contributed by atoms with E-state index < -0.39 is 18.7 Å². The molecule has 0 aliphatic heterocycles. The second-order valence-electron chi connectivity index (χ2n) is 3.82. The molecule has 0 saturated carbocycles. The molecule has 2 rings (SSSR count). The first-order valence-corrected chi connectivity index (χ1v) is 5.61. The van der Waals surface area contributed by atoms with E-state index in [-0.39, 0.29) is 11.1 Å². The Morgan fingerprint density at radius 3 is 2.40 bits per heavy atom. The first kappa shape index (κ1) is 13.5. The second kappa shape index (κ2) is 5.77. The van der Waals surface area contributed by atoms with Crippen LogP contribution in [0, 0.1) is 0 Å². The van der Waals surface area contributed by atoms with Crippen LogP contribution in [0.2, 0.25) is 0 Å². The van der Waals surface area contributed by atoms with Gasteiger partial charge >= 0.3 is 11.9 Å². The molecular formula is C14H9NO5. The van der Waals surface area contributed by atoms with Crippen LogP contribution in [0.25, 0.3) is 10.8 Å². The predicted octanol–water partition coefficient (Wildman–Crippen LogP) is 1.99. The molecule has 0 aliphatic rings. The van der Waals surface area contributed by atoms with Gasteiger partial charge in [0.25, 0.3) is 0 Å². The van der Waals surface area contributed by atoms with Crippen molar-refractivity contribution >= 4 is 28.8 Å². The zero-order chi connectivity index (χ0) is 14.5. The fraction of sp³-hybridized carbons (Fsp3) is 0.0714. The van der Waals surface area contributed by atoms with Crippen molar-refractivity contribution in [1.82, 2.24) is 0 Å². The average molecular weight is 271 g/mol. The Balaban J connectivity index is 2.55. The number of ether oxygens (including phenoxy) is 1. The number of isocyanates is 1. The van der Waals surface area contributed by atoms with Crippen molar-refractivity contribution < 1.29 is 24.2 Å². The average Bonchev–Trinajstić information content (AvgIpc) is 2.46. The summed E-state index contributed by atoms with van der Waals surface area (Å²) in [5.74, 6) is -1.88. The number of hydrogen-bond acceptors (Lipinski definition) is 5. The lowest BCUT2D eigenvalue weighted by Crippen LogP contribution is -2.08. The summed E-state index contributed by atoms with van der Waals surface area (Å²) in [6.45, 7) is -0.450. The molecule has 20 heavy (non-hydrogen) atoms. The van der Waals surface area contributed by atoms with Gasteiger partial charge in [-0.1, -0.05) is 24.3 Å². The summed E-state index contributed by atoms with van der Waals surface area (Å²) in [4.78, 5) is 36.2. The van der Waals surface area contributed by atoms with Crippen LogP contribution in [0.5, 0.6) is 0 Å². The topological polar surface area (TPSA) is 93.0 Å². The summed E-state index contributed by atoms with van der Waals surface area (Å²) in [5.41, 5.74) is 0.121. The van der Waals surface area contributed by atoms with Gasteiger partial charge in [-0.25, -0.2) is 14.4 Å². The number of aromatic carboxylic acids is 1. The zero-order valence-electron chi connectivity index (χ0n) is 10.2. The Morgan fingerprint density at radius 2 is 1.80 bits per heavy atom. The van der Waals surface area contributed by atoms with Crippen LogP contribution in [-0.2, 0) is 9.53 Å². The SMILES string of the molecule is O=C=NCOC(=O)c1cccc2cccc(C(=O)O)c12. The minimum absolute atomic E-state index is 0.00828. The van der Waals surface area contributed by atoms with E-state index in [1.165, 1.54) is 18.2 Å². The number of carboxylic acids is 1. The number of hydrogen-bond donors (Lipinski definition) is 1. The number of nitrogens with zero attached hydrogens (tertiary/aromatic N) is 1. The molecule has 0 bridgehead atoms. The van der Waals surface area contributed by atoms with Crippen LogP contribution in [0.3, 0.4) is 0 Å². The minimum Gasteiger partial charge on any atom is -0.478 e. The molecule has 0 fully saturated rings. The van der Waals surface area contributed by atoms with E-state index >= 15 is 0 Å². The van der Waals surface area contributed by atoms with Crippen LogP contribution in [-0.4, -0.2) is 29.9 Å². The lowest BCUT2D eigenvalue weighted by Gasteiger charge is -2.08. The van der Waals surface area contributed by atoms with E-state index in [1.807, 2.05) is 0 Å². The maximum Gasteiger partial charge on any atom is 0.340 e. The maximum absolute atomic E-state index is 11.9. The van der Waals surface area contributed by atoms with E-state index in [0.717, 1.165) is 0 Å². The molecule has 0 heterocycles. The van der Waals surface area contributed by atoms with Crippen molar-refractivity contribution in [3.8, 4) is 0 Å². The van der Waals surface area contributed by atoms with E-state index in [4.69, 9.17) is 4.74 Å². The van der Waals surface area contributed by atoms with Crippen LogP contribution >= 0.6 is 0 Å². The summed E-state index contributed by atoms with van der Waals surface area (Å²) >= 11 is 0. The van der Waals surface area contributed by atoms with Crippen LogP contribution < -0.4 is 0 Å². The Morgan fingerprint density at radius 1 is 1.15 bits per heavy atom. The predicted molar refractivity (Wildman–Crippen MR) is 69.3 cm³/mol. The number of aliphatic imine (C=N–C) groups is 1. The van der Waals surface area contributed by atoms with Crippen molar-refractivity contribution in [2.45, 2.75) is 0 Å². The second-order valence-corrected chi connectivity index (χ2v) is 3.82. The van der Waals surface area contributed by atoms with Gasteiger partial charge in [-0.3, -0.25) is 0 Å². The van der Waals surface area contributed by atoms with Crippen LogP contribution in [0.1, 0.15) is 20.7 Å². The zero-order valence-corrected chi connectivity index (χ0v) is 10.2. The van der Waals surface area contributed by atoms with Crippen molar-refractivity contribution in [2.24, 2.45) is 4.99 Å². The standard InChI is InChI=1S/C14H9NO5/c16-7-15-8-20-14(19)11-6-2-4-9-3-1-5-10(12(9)11)13(17)18/h1-6H,8H2,(H,17,18). The number of carbonyl (C=O) groups excluding carboxylic acids is 2. The minimum atomic E-state index is -1.14. The van der Waals surface area contributed by atoms with Gasteiger partial charge in [0.15, 0.2) is 6.73 Å². The highest BCUT2D eigenvalue weighted by Gasteiger charge is 2.17. The molecule has 0 atom stereocenters. The van der Waals surface area contributed by atoms with E-state index in [9.17, 15) is 19.5 Å². The van der Waals surface area contributed by atoms with Gasteiger partial charge in [0.05, 0.1) is 11.1 Å². The van der Waals surface area contributed by atoms with E-state index in [0.29, 0.717) is 10.8 Å². The first-order valence-electron chi connectivity index (χ1n) is 5.61. The molecular weight excluding hydrogens is 262 g/mol. The third-order valence-electron chi connectivity index (χ3n) is 2.68. The lowest BCUT2D eigenvalue weighted by molar-refractivity contribution is 0.0520. The van der Waals surface area contributed by atoms with Gasteiger partial charge in [-0.2, -0.15) is 4.99 Å². The molecule has 0 radical (unpaired) electrons. The van der Waals surface area contributed by atoms with Crippen LogP contribution in [0.15, 0.2) is 41.4 Å². The molecule has 1 N–H and O–H groups in total. The van der Waals surface area contributed by atoms with Crippen molar-refractivity contribution in [1.29, 1.82) is 0 Å². The molecule has 0 unspecified atom stereocenters. The smallest absolute Gasteiger partial charge is 0.340 e. The Labute approximate surface area is 113 Å². The summed E-state index contributed by atoms with van der Waals surface area (Å²) in [5, 5.41) is 10.1. The normalized spacial score (nSPS) is 9.80. The van der Waals surface area contributed by atoms with Gasteiger partial charge in [0, 0.05) is 5.39 Å². The quantitative estimate of drug-likeness (QED) is 0.521. The summed E-state index contributed by atoms with van der Waals surface area (Å²) < 4.78 is 4.75. The number of fused-ring (bicyclic) bond motifs is 1. The van der Waals surface area contributed by atoms with E-state index in [1.54, 1.807) is 24.3 Å². The largest absolute Gasteiger partial charge is 0.478 e. The molecule has 6 heteroatoms. The Bertz CT molecular complexity index is 726. The highest BCUT2D eigenvalue weighted by molar-refractivity contribution is 6.12. The summed E-state index contributed by atoms with van der Waals surface area (Å²) in [7, 11) is 0. The van der Waals surface area contributed by atoms with E-state index in [2.05, 4.69) is 4.99 Å². The molecule has 2 aromatic rings. The van der Waals surface area contributed by atoms with Gasteiger partial charge in [-0.05, 0) is 17.5 Å². The molecule has 0 aliphatic carbocycles. The molecule has 0 saturated heterocycles. The number of carboxylic acid groups (broad SMARTS) is 1. The highest BCUT2D eigenvalue weighted by atomic mass is 16.5. The van der Waals surface area contributed by atoms with Crippen LogP contribution in [0.4, 0.5) is 0 Å². The fourth-order valence-electron chi connectivity index (χ4n) is 1.88. The van der Waals surface area contributed by atoms with Gasteiger partial charge in [0.1, 0.15) is 0 Å². The molecule has 2 aromatic carbocycles. The summed E-state index contributed by atoms with van der Waals surface area (Å²) in [6, 6.07) is 9.47. The monoisotopic (exact) mass is 271 g/mol. The molecule has 6 nitrogen and oxygen atoms in total. The molecule has 0 aromatic heterocycles. The third-order valence-corrected chi connectivity index (χ3v) is 2.68. The van der Waals surface area contributed by atoms with Gasteiger partial charge in [-0.15, -0.1) is 0 Å². The lowest BCUT2D eigenvalue weighted by atomic mass is 9.99. The highest BCUT2D eigenvalue weighted by Crippen LogP contribution is 2.24. The molecule has 100 valence electrons. The van der Waals surface area contributed by atoms with Crippen molar-refractivity contribution in [3.05, 3.63) is 47.5 Å². The number of benzene rings is 2. The molecule has 0 amide bonds. The number of esters is 1. The third kappa shape index (κ3) is 2.55. The van der Waals surface area contributed by atoms with Crippen molar-refractivity contribution in [2.75, 3.05) is 6.73 Å².